The molecule has 8 nitrogen and oxygen atoms in total. The van der Waals surface area contributed by atoms with Crippen molar-refractivity contribution >= 4 is 28.8 Å². The molecular weight excluding hydrogens is 692 g/mol. The lowest BCUT2D eigenvalue weighted by Crippen LogP contribution is -2.49. The highest BCUT2D eigenvalue weighted by molar-refractivity contribution is 6.07. The average molecular weight is 741 g/mol. The summed E-state index contributed by atoms with van der Waals surface area (Å²) in [6.45, 7) is 7.12. The Bertz CT molecular complexity index is 2110. The predicted molar refractivity (Wildman–Crippen MR) is 211 cm³/mol. The van der Waals surface area contributed by atoms with E-state index in [1.807, 2.05) is 36.4 Å². The van der Waals surface area contributed by atoms with Crippen LogP contribution >= 0.6 is 0 Å². The molecule has 3 atom stereocenters. The number of aromatic hydroxyl groups is 1. The molecule has 2 saturated heterocycles. The summed E-state index contributed by atoms with van der Waals surface area (Å²) in [7, 11) is 0. The second-order valence-corrected chi connectivity index (χ2v) is 16.4. The van der Waals surface area contributed by atoms with Crippen molar-refractivity contribution in [3.63, 3.8) is 0 Å². The predicted octanol–water partition coefficient (Wildman–Crippen LogP) is 7.08. The van der Waals surface area contributed by atoms with E-state index in [-0.39, 0.29) is 47.3 Å². The molecule has 1 saturated carbocycles. The smallest absolute Gasteiger partial charge is 0.255 e. The van der Waals surface area contributed by atoms with Crippen molar-refractivity contribution in [2.75, 3.05) is 55.6 Å². The van der Waals surface area contributed by atoms with E-state index in [9.17, 15) is 19.5 Å². The first kappa shape index (κ1) is 35.7. The van der Waals surface area contributed by atoms with Gasteiger partial charge in [-0.15, -0.1) is 0 Å². The van der Waals surface area contributed by atoms with Gasteiger partial charge in [0.2, 0.25) is 0 Å². The van der Waals surface area contributed by atoms with Crippen molar-refractivity contribution in [3.8, 4) is 5.75 Å². The summed E-state index contributed by atoms with van der Waals surface area (Å²) in [6.07, 6.45) is 4.64. The number of carbonyl (C=O) groups is 3. The minimum atomic E-state index is -0.492. The van der Waals surface area contributed by atoms with Crippen molar-refractivity contribution in [2.45, 2.75) is 69.4 Å². The number of anilines is 2. The largest absolute Gasteiger partial charge is 0.508 e. The topological polar surface area (TPSA) is 84.4 Å². The molecule has 0 radical (unpaired) electrons. The Labute approximate surface area is 322 Å². The minimum Gasteiger partial charge on any atom is -0.508 e. The Morgan fingerprint density at radius 2 is 1.42 bits per heavy atom. The molecule has 1 amide bonds. The third-order valence-electron chi connectivity index (χ3n) is 13.1. The normalized spacial score (nSPS) is 23.6. The van der Waals surface area contributed by atoms with Gasteiger partial charge in [0.25, 0.3) is 5.91 Å². The van der Waals surface area contributed by atoms with Crippen molar-refractivity contribution in [1.82, 2.24) is 9.80 Å². The van der Waals surface area contributed by atoms with Crippen LogP contribution in [0.25, 0.3) is 0 Å². The van der Waals surface area contributed by atoms with E-state index < -0.39 is 6.04 Å². The second-order valence-electron chi connectivity index (χ2n) is 16.4. The highest BCUT2D eigenvalue weighted by Gasteiger charge is 2.39. The molecule has 5 aliphatic rings. The molecule has 0 aromatic heterocycles. The van der Waals surface area contributed by atoms with Gasteiger partial charge in [0.05, 0.1) is 12.5 Å². The molecule has 3 aliphatic heterocycles. The molecule has 4 aromatic carbocycles. The zero-order valence-corrected chi connectivity index (χ0v) is 31.3. The van der Waals surface area contributed by atoms with E-state index in [4.69, 9.17) is 0 Å². The summed E-state index contributed by atoms with van der Waals surface area (Å²) < 4.78 is 16.3. The van der Waals surface area contributed by atoms with Crippen LogP contribution in [0.15, 0.2) is 84.9 Å². The maximum Gasteiger partial charge on any atom is 0.255 e. The quantitative estimate of drug-likeness (QED) is 0.203. The standard InChI is InChI=1S/C46H49FN4O4/c47-42-26-35(8-13-41(42)45-38(31-4-2-1-3-5-31)11-6-32-25-36(52)9-14-39(32)45)49-18-16-30(17-19-49)28-48-20-22-50(23-21-48)34-7-12-40-33(24-34)29-51(46(40)55)43-15-10-37(53)27-44(43)54/h1-5,7-9,12-14,24-26,30,38,43,45,52H,6,10-11,15-23,27-29H2/t38-,43?,45+/m0/s1. The van der Waals surface area contributed by atoms with Crippen LogP contribution in [0.1, 0.15) is 88.5 Å². The van der Waals surface area contributed by atoms with Gasteiger partial charge in [-0.25, -0.2) is 4.39 Å². The van der Waals surface area contributed by atoms with E-state index in [1.165, 1.54) is 5.56 Å². The molecule has 4 aromatic rings. The van der Waals surface area contributed by atoms with Crippen molar-refractivity contribution in [1.29, 1.82) is 0 Å². The number of rotatable bonds is 7. The van der Waals surface area contributed by atoms with E-state index >= 15 is 4.39 Å². The highest BCUT2D eigenvalue weighted by atomic mass is 19.1. The van der Waals surface area contributed by atoms with Crippen LogP contribution in [0.4, 0.5) is 15.8 Å². The number of amides is 1. The Morgan fingerprint density at radius 3 is 2.18 bits per heavy atom. The first-order valence-electron chi connectivity index (χ1n) is 20.2. The zero-order chi connectivity index (χ0) is 37.6. The number of carbonyl (C=O) groups excluding carboxylic acids is 3. The van der Waals surface area contributed by atoms with Gasteiger partial charge in [-0.3, -0.25) is 19.3 Å². The van der Waals surface area contributed by atoms with Crippen molar-refractivity contribution in [2.24, 2.45) is 5.92 Å². The molecular formula is C46H49FN4O4. The third kappa shape index (κ3) is 7.03. The maximum absolute atomic E-state index is 16.3. The molecule has 0 spiro atoms. The lowest BCUT2D eigenvalue weighted by molar-refractivity contribution is -0.133. The molecule has 3 fully saturated rings. The van der Waals surface area contributed by atoms with Crippen LogP contribution in [0.3, 0.4) is 0 Å². The highest BCUT2D eigenvalue weighted by Crippen LogP contribution is 2.48. The van der Waals surface area contributed by atoms with E-state index in [0.717, 1.165) is 105 Å². The fourth-order valence-electron chi connectivity index (χ4n) is 10.1. The van der Waals surface area contributed by atoms with Crippen LogP contribution in [0.2, 0.25) is 0 Å². The van der Waals surface area contributed by atoms with Crippen LogP contribution < -0.4 is 9.80 Å². The van der Waals surface area contributed by atoms with Crippen molar-refractivity contribution < 1.29 is 23.9 Å². The van der Waals surface area contributed by atoms with Gasteiger partial charge in [-0.05, 0) is 114 Å². The van der Waals surface area contributed by atoms with Gasteiger partial charge in [0, 0.05) is 81.6 Å². The number of piperidine rings is 1. The number of aryl methyl sites for hydroxylation is 1. The van der Waals surface area contributed by atoms with Crippen LogP contribution in [0, 0.1) is 11.7 Å². The van der Waals surface area contributed by atoms with Gasteiger partial charge >= 0.3 is 0 Å². The van der Waals surface area contributed by atoms with Crippen molar-refractivity contribution in [3.05, 3.63) is 124 Å². The molecule has 3 heterocycles. The van der Waals surface area contributed by atoms with Gasteiger partial charge in [0.15, 0.2) is 5.78 Å². The monoisotopic (exact) mass is 740 g/mol. The first-order valence-corrected chi connectivity index (χ1v) is 20.2. The number of phenols is 1. The van der Waals surface area contributed by atoms with E-state index in [2.05, 4.69) is 51.1 Å². The lowest BCUT2D eigenvalue weighted by atomic mass is 9.69. The second kappa shape index (κ2) is 14.9. The number of halogens is 1. The number of Topliss-reactive ketones (excluding diaryl/α,β-unsaturated/α-hetero) is 2. The number of benzene rings is 4. The molecule has 55 heavy (non-hydrogen) atoms. The Balaban J connectivity index is 0.794. The number of piperazine rings is 1. The number of nitrogens with zero attached hydrogens (tertiary/aromatic N) is 4. The summed E-state index contributed by atoms with van der Waals surface area (Å²) in [5.74, 6) is 0.487. The van der Waals surface area contributed by atoms with E-state index in [1.54, 1.807) is 17.0 Å². The fraction of sp³-hybridized carbons (Fsp3) is 0.413. The number of hydrogen-bond acceptors (Lipinski definition) is 7. The summed E-state index contributed by atoms with van der Waals surface area (Å²) in [5, 5.41) is 10.2. The van der Waals surface area contributed by atoms with Gasteiger partial charge in [-0.1, -0.05) is 42.5 Å². The molecule has 0 bridgehead atoms. The van der Waals surface area contributed by atoms with E-state index in [0.29, 0.717) is 30.9 Å². The zero-order valence-electron chi connectivity index (χ0n) is 31.3. The van der Waals surface area contributed by atoms with Crippen LogP contribution in [-0.2, 0) is 22.6 Å². The summed E-state index contributed by atoms with van der Waals surface area (Å²) in [4.78, 5) is 46.5. The summed E-state index contributed by atoms with van der Waals surface area (Å²) in [6, 6.07) is 27.5. The molecule has 9 heteroatoms. The molecule has 284 valence electrons. The van der Waals surface area contributed by atoms with Crippen LogP contribution in [0.5, 0.6) is 5.75 Å². The number of fused-ring (bicyclic) bond motifs is 2. The SMILES string of the molecule is O=C1CCC(N2Cc3cc(N4CCN(CC5CCN(c6ccc([C@H]7c8ccc(O)cc8CC[C@H]7c7ccccc7)c(F)c6)CC5)CC4)ccc3C2=O)C(=O)C1. The number of ketones is 2. The van der Waals surface area contributed by atoms with Gasteiger partial charge in [0.1, 0.15) is 17.3 Å². The Morgan fingerprint density at radius 1 is 0.691 bits per heavy atom. The minimum absolute atomic E-state index is 0.0290. The molecule has 2 aliphatic carbocycles. The molecule has 9 rings (SSSR count). The van der Waals surface area contributed by atoms with Crippen LogP contribution in [-0.4, -0.2) is 84.2 Å². The fourth-order valence-corrected chi connectivity index (χ4v) is 10.1. The molecule has 1 unspecified atom stereocenters. The Kier molecular flexibility index (Phi) is 9.67. The number of phenolic OH excluding ortho intramolecular Hbond substituents is 1. The number of hydrogen-bond donors (Lipinski definition) is 1. The maximum atomic E-state index is 16.3. The summed E-state index contributed by atoms with van der Waals surface area (Å²) >= 11 is 0. The average Bonchev–Trinajstić information content (AvgIpc) is 3.53. The Hall–Kier alpha value is -5.02. The lowest BCUT2D eigenvalue weighted by Gasteiger charge is -2.40. The molecule has 1 N–H and O–H groups in total. The summed E-state index contributed by atoms with van der Waals surface area (Å²) in [5.41, 5.74) is 7.86. The first-order chi connectivity index (χ1) is 26.8. The van der Waals surface area contributed by atoms with Gasteiger partial charge < -0.3 is 19.8 Å². The third-order valence-corrected chi connectivity index (χ3v) is 13.1. The van der Waals surface area contributed by atoms with Gasteiger partial charge in [-0.2, -0.15) is 0 Å².